The molecule has 0 fully saturated rings. The molecule has 1 N–H and O–H groups in total. The van der Waals surface area contributed by atoms with Gasteiger partial charge in [-0.1, -0.05) is 54.6 Å². The number of hydrogen-bond acceptors (Lipinski definition) is 3. The van der Waals surface area contributed by atoms with E-state index in [1.165, 1.54) is 6.92 Å². The molecule has 0 saturated carbocycles. The molecule has 5 heteroatoms. The van der Waals surface area contributed by atoms with Crippen LogP contribution in [-0.2, 0) is 11.3 Å². The van der Waals surface area contributed by atoms with E-state index in [0.29, 0.717) is 23.5 Å². The van der Waals surface area contributed by atoms with Crippen LogP contribution < -0.4 is 10.1 Å². The van der Waals surface area contributed by atoms with Crippen LogP contribution in [0.5, 0.6) is 5.75 Å². The molecule has 0 heterocycles. The number of hydrogen-bond donors (Lipinski definition) is 1. The Balaban J connectivity index is 1.98. The van der Waals surface area contributed by atoms with Crippen LogP contribution in [0.25, 0.3) is 0 Å². The highest BCUT2D eigenvalue weighted by molar-refractivity contribution is 5.97. The molecule has 3 rings (SSSR count). The summed E-state index contributed by atoms with van der Waals surface area (Å²) in [7, 11) is 1.56. The Bertz CT molecular complexity index is 1020. The standard InChI is InChI=1S/C25H26N2O3/c1-18(21-12-9-13-22(16-21)26-19(2)28)27(17-20-10-5-4-6-11-20)25(29)23-14-7-8-15-24(23)30-3/h4-16,18H,17H2,1-3H3,(H,26,28). The minimum Gasteiger partial charge on any atom is -0.496 e. The normalized spacial score (nSPS) is 11.4. The van der Waals surface area contributed by atoms with Crippen molar-refractivity contribution in [1.82, 2.24) is 4.90 Å². The van der Waals surface area contributed by atoms with Gasteiger partial charge >= 0.3 is 0 Å². The van der Waals surface area contributed by atoms with Crippen molar-refractivity contribution in [2.45, 2.75) is 26.4 Å². The maximum absolute atomic E-state index is 13.6. The summed E-state index contributed by atoms with van der Waals surface area (Å²) in [6.45, 7) is 3.91. The Morgan fingerprint density at radius 1 is 0.967 bits per heavy atom. The highest BCUT2D eigenvalue weighted by Gasteiger charge is 2.25. The predicted molar refractivity (Wildman–Crippen MR) is 118 cm³/mol. The van der Waals surface area contributed by atoms with Crippen molar-refractivity contribution in [3.05, 3.63) is 95.6 Å². The van der Waals surface area contributed by atoms with Crippen molar-refractivity contribution in [1.29, 1.82) is 0 Å². The Hall–Kier alpha value is -3.60. The number of anilines is 1. The molecule has 3 aromatic rings. The summed E-state index contributed by atoms with van der Waals surface area (Å²) in [6.07, 6.45) is 0. The van der Waals surface area contributed by atoms with Crippen LogP contribution in [0.1, 0.15) is 41.4 Å². The van der Waals surface area contributed by atoms with Crippen LogP contribution >= 0.6 is 0 Å². The lowest BCUT2D eigenvalue weighted by Crippen LogP contribution is -2.33. The lowest BCUT2D eigenvalue weighted by Gasteiger charge is -2.30. The summed E-state index contributed by atoms with van der Waals surface area (Å²) in [4.78, 5) is 26.8. The van der Waals surface area contributed by atoms with Gasteiger partial charge in [0.15, 0.2) is 0 Å². The third-order valence-corrected chi connectivity index (χ3v) is 4.95. The number of carbonyl (C=O) groups is 2. The van der Waals surface area contributed by atoms with Gasteiger partial charge in [-0.3, -0.25) is 9.59 Å². The monoisotopic (exact) mass is 402 g/mol. The number of nitrogens with zero attached hydrogens (tertiary/aromatic N) is 1. The van der Waals surface area contributed by atoms with Gasteiger partial charge in [0.25, 0.3) is 5.91 Å². The van der Waals surface area contributed by atoms with E-state index in [9.17, 15) is 9.59 Å². The van der Waals surface area contributed by atoms with Gasteiger partial charge in [0, 0.05) is 19.2 Å². The molecule has 0 aliphatic carbocycles. The second kappa shape index (κ2) is 9.74. The first kappa shape index (κ1) is 21.1. The molecule has 154 valence electrons. The number of amides is 2. The van der Waals surface area contributed by atoms with Crippen molar-refractivity contribution in [3.8, 4) is 5.75 Å². The molecule has 30 heavy (non-hydrogen) atoms. The van der Waals surface area contributed by atoms with E-state index in [1.807, 2.05) is 78.6 Å². The fraction of sp³-hybridized carbons (Fsp3) is 0.200. The zero-order valence-electron chi connectivity index (χ0n) is 17.5. The largest absolute Gasteiger partial charge is 0.496 e. The molecular formula is C25H26N2O3. The van der Waals surface area contributed by atoms with E-state index in [-0.39, 0.29) is 17.9 Å². The lowest BCUT2D eigenvalue weighted by atomic mass is 10.0. The number of ether oxygens (including phenoxy) is 1. The number of rotatable bonds is 7. The summed E-state index contributed by atoms with van der Waals surface area (Å²) >= 11 is 0. The predicted octanol–water partition coefficient (Wildman–Crippen LogP) is 5.06. The second-order valence-electron chi connectivity index (χ2n) is 7.10. The fourth-order valence-corrected chi connectivity index (χ4v) is 3.40. The number of benzene rings is 3. The smallest absolute Gasteiger partial charge is 0.258 e. The molecule has 0 aliphatic rings. The molecule has 0 spiro atoms. The van der Waals surface area contributed by atoms with Crippen molar-refractivity contribution in [2.75, 3.05) is 12.4 Å². The quantitative estimate of drug-likeness (QED) is 0.601. The van der Waals surface area contributed by atoms with E-state index in [2.05, 4.69) is 5.32 Å². The number of methoxy groups -OCH3 is 1. The average Bonchev–Trinajstić information content (AvgIpc) is 2.77. The third-order valence-electron chi connectivity index (χ3n) is 4.95. The van der Waals surface area contributed by atoms with Crippen LogP contribution in [0.2, 0.25) is 0 Å². The van der Waals surface area contributed by atoms with E-state index in [4.69, 9.17) is 4.74 Å². The molecule has 0 aromatic heterocycles. The zero-order valence-corrected chi connectivity index (χ0v) is 17.5. The zero-order chi connectivity index (χ0) is 21.5. The van der Waals surface area contributed by atoms with Crippen molar-refractivity contribution < 1.29 is 14.3 Å². The maximum atomic E-state index is 13.6. The van der Waals surface area contributed by atoms with Crippen molar-refractivity contribution in [2.24, 2.45) is 0 Å². The number of carbonyl (C=O) groups excluding carboxylic acids is 2. The van der Waals surface area contributed by atoms with Crippen LogP contribution in [0.4, 0.5) is 5.69 Å². The summed E-state index contributed by atoms with van der Waals surface area (Å²) in [5, 5.41) is 2.81. The number of para-hydroxylation sites is 1. The minimum absolute atomic E-state index is 0.117. The molecule has 1 unspecified atom stereocenters. The van der Waals surface area contributed by atoms with Gasteiger partial charge in [0.2, 0.25) is 5.91 Å². The summed E-state index contributed by atoms with van der Waals surface area (Å²) in [5.41, 5.74) is 3.18. The molecule has 1 atom stereocenters. The second-order valence-corrected chi connectivity index (χ2v) is 7.10. The Kier molecular flexibility index (Phi) is 6.86. The molecule has 3 aromatic carbocycles. The molecule has 2 amide bonds. The van der Waals surface area contributed by atoms with Gasteiger partial charge in [0.1, 0.15) is 5.75 Å². The van der Waals surface area contributed by atoms with E-state index in [1.54, 1.807) is 19.2 Å². The third kappa shape index (κ3) is 5.06. The summed E-state index contributed by atoms with van der Waals surface area (Å²) in [5.74, 6) is 0.291. The first-order valence-electron chi connectivity index (χ1n) is 9.85. The molecule has 0 bridgehead atoms. The average molecular weight is 402 g/mol. The topological polar surface area (TPSA) is 58.6 Å². The van der Waals surface area contributed by atoms with E-state index in [0.717, 1.165) is 11.1 Å². The number of nitrogens with one attached hydrogen (secondary N) is 1. The van der Waals surface area contributed by atoms with E-state index >= 15 is 0 Å². The van der Waals surface area contributed by atoms with Crippen molar-refractivity contribution >= 4 is 17.5 Å². The Morgan fingerprint density at radius 3 is 2.37 bits per heavy atom. The fourth-order valence-electron chi connectivity index (χ4n) is 3.40. The maximum Gasteiger partial charge on any atom is 0.258 e. The molecule has 0 saturated heterocycles. The first-order chi connectivity index (χ1) is 14.5. The van der Waals surface area contributed by atoms with Gasteiger partial charge in [0.05, 0.1) is 18.7 Å². The van der Waals surface area contributed by atoms with Crippen LogP contribution in [-0.4, -0.2) is 23.8 Å². The molecular weight excluding hydrogens is 376 g/mol. The van der Waals surface area contributed by atoms with E-state index < -0.39 is 0 Å². The molecule has 5 nitrogen and oxygen atoms in total. The SMILES string of the molecule is COc1ccccc1C(=O)N(Cc1ccccc1)C(C)c1cccc(NC(C)=O)c1. The van der Waals surface area contributed by atoms with Gasteiger partial charge in [-0.2, -0.15) is 0 Å². The Labute approximate surface area is 177 Å². The van der Waals surface area contributed by atoms with Gasteiger partial charge in [-0.25, -0.2) is 0 Å². The molecule has 0 radical (unpaired) electrons. The van der Waals surface area contributed by atoms with Crippen LogP contribution in [0.3, 0.4) is 0 Å². The molecule has 0 aliphatic heterocycles. The highest BCUT2D eigenvalue weighted by atomic mass is 16.5. The lowest BCUT2D eigenvalue weighted by molar-refractivity contribution is -0.114. The highest BCUT2D eigenvalue weighted by Crippen LogP contribution is 2.29. The van der Waals surface area contributed by atoms with Crippen molar-refractivity contribution in [3.63, 3.8) is 0 Å². The van der Waals surface area contributed by atoms with Crippen LogP contribution in [0.15, 0.2) is 78.9 Å². The van der Waals surface area contributed by atoms with Gasteiger partial charge < -0.3 is 15.0 Å². The Morgan fingerprint density at radius 2 is 1.67 bits per heavy atom. The minimum atomic E-state index is -0.226. The summed E-state index contributed by atoms with van der Waals surface area (Å²) in [6, 6.07) is 24.5. The summed E-state index contributed by atoms with van der Waals surface area (Å²) < 4.78 is 5.42. The van der Waals surface area contributed by atoms with Gasteiger partial charge in [-0.15, -0.1) is 0 Å². The first-order valence-corrected chi connectivity index (χ1v) is 9.85. The van der Waals surface area contributed by atoms with Crippen LogP contribution in [0, 0.1) is 0 Å². The van der Waals surface area contributed by atoms with Gasteiger partial charge in [-0.05, 0) is 42.3 Å².